The number of nitrogens with one attached hydrogen (secondary N) is 2. The molecule has 1 aliphatic rings. The minimum atomic E-state index is -0.181. The molecule has 0 radical (unpaired) electrons. The molecule has 0 aromatic heterocycles. The van der Waals surface area contributed by atoms with Crippen LogP contribution >= 0.6 is 0 Å². The number of hydrogen-bond acceptors (Lipinski definition) is 3. The molecule has 0 saturated carbocycles. The van der Waals surface area contributed by atoms with Crippen molar-refractivity contribution in [1.82, 2.24) is 20.4 Å². The quantitative estimate of drug-likeness (QED) is 0.673. The van der Waals surface area contributed by atoms with Crippen LogP contribution < -0.4 is 10.6 Å². The van der Waals surface area contributed by atoms with Crippen LogP contribution in [0.5, 0.6) is 0 Å². The van der Waals surface area contributed by atoms with E-state index in [-0.39, 0.29) is 18.0 Å². The van der Waals surface area contributed by atoms with Crippen molar-refractivity contribution in [3.05, 3.63) is 0 Å². The molecule has 0 aliphatic carbocycles. The minimum Gasteiger partial charge on any atom is -0.341 e. The first-order valence-electron chi connectivity index (χ1n) is 6.49. The SMILES string of the molecule is CC(NCCNC(=O)N(C)C)C(=O)N1CCCC1. The van der Waals surface area contributed by atoms with Gasteiger partial charge in [0.25, 0.3) is 0 Å². The summed E-state index contributed by atoms with van der Waals surface area (Å²) in [6.45, 7) is 4.74. The van der Waals surface area contributed by atoms with Crippen LogP contribution in [0.1, 0.15) is 19.8 Å². The van der Waals surface area contributed by atoms with E-state index in [4.69, 9.17) is 0 Å². The van der Waals surface area contributed by atoms with Gasteiger partial charge in [0.05, 0.1) is 6.04 Å². The first-order valence-corrected chi connectivity index (χ1v) is 6.49. The van der Waals surface area contributed by atoms with E-state index in [1.807, 2.05) is 11.8 Å². The highest BCUT2D eigenvalue weighted by molar-refractivity contribution is 5.81. The molecule has 1 saturated heterocycles. The normalized spacial score (nSPS) is 16.5. The molecular weight excluding hydrogens is 232 g/mol. The number of urea groups is 1. The Morgan fingerprint density at radius 1 is 1.22 bits per heavy atom. The lowest BCUT2D eigenvalue weighted by Crippen LogP contribution is -2.46. The monoisotopic (exact) mass is 256 g/mol. The van der Waals surface area contributed by atoms with Gasteiger partial charge >= 0.3 is 6.03 Å². The molecule has 1 unspecified atom stereocenters. The number of rotatable bonds is 5. The molecule has 1 rings (SSSR count). The van der Waals surface area contributed by atoms with Gasteiger partial charge in [-0.1, -0.05) is 0 Å². The van der Waals surface area contributed by atoms with Crippen LogP contribution in [0.25, 0.3) is 0 Å². The molecule has 6 nitrogen and oxygen atoms in total. The predicted molar refractivity (Wildman–Crippen MR) is 70.4 cm³/mol. The van der Waals surface area contributed by atoms with Gasteiger partial charge in [0.1, 0.15) is 0 Å². The molecule has 0 bridgehead atoms. The Morgan fingerprint density at radius 2 is 1.83 bits per heavy atom. The lowest BCUT2D eigenvalue weighted by atomic mass is 10.3. The molecule has 1 aliphatic heterocycles. The summed E-state index contributed by atoms with van der Waals surface area (Å²) >= 11 is 0. The van der Waals surface area contributed by atoms with E-state index in [0.717, 1.165) is 25.9 Å². The van der Waals surface area contributed by atoms with E-state index in [2.05, 4.69) is 10.6 Å². The van der Waals surface area contributed by atoms with Crippen molar-refractivity contribution in [2.24, 2.45) is 0 Å². The third-order valence-electron chi connectivity index (χ3n) is 3.05. The van der Waals surface area contributed by atoms with Crippen LogP contribution in [-0.2, 0) is 4.79 Å². The second-order valence-electron chi connectivity index (χ2n) is 4.83. The topological polar surface area (TPSA) is 64.7 Å². The molecule has 1 fully saturated rings. The van der Waals surface area contributed by atoms with Crippen molar-refractivity contribution in [2.75, 3.05) is 40.3 Å². The second-order valence-corrected chi connectivity index (χ2v) is 4.83. The highest BCUT2D eigenvalue weighted by Gasteiger charge is 2.22. The average Bonchev–Trinajstić information content (AvgIpc) is 2.86. The Labute approximate surface area is 109 Å². The number of amides is 3. The number of hydrogen-bond donors (Lipinski definition) is 2. The number of nitrogens with zero attached hydrogens (tertiary/aromatic N) is 2. The van der Waals surface area contributed by atoms with Gasteiger partial charge in [-0.15, -0.1) is 0 Å². The van der Waals surface area contributed by atoms with Gasteiger partial charge in [0, 0.05) is 40.3 Å². The molecule has 18 heavy (non-hydrogen) atoms. The Balaban J connectivity index is 2.14. The van der Waals surface area contributed by atoms with Crippen molar-refractivity contribution in [3.63, 3.8) is 0 Å². The molecule has 1 heterocycles. The van der Waals surface area contributed by atoms with Crippen LogP contribution in [0.3, 0.4) is 0 Å². The summed E-state index contributed by atoms with van der Waals surface area (Å²) in [4.78, 5) is 26.6. The molecule has 104 valence electrons. The summed E-state index contributed by atoms with van der Waals surface area (Å²) in [5.74, 6) is 0.159. The van der Waals surface area contributed by atoms with Crippen molar-refractivity contribution < 1.29 is 9.59 Å². The van der Waals surface area contributed by atoms with Crippen LogP contribution in [0.15, 0.2) is 0 Å². The fraction of sp³-hybridized carbons (Fsp3) is 0.833. The molecule has 6 heteroatoms. The van der Waals surface area contributed by atoms with Crippen LogP contribution in [0.4, 0.5) is 4.79 Å². The second kappa shape index (κ2) is 7.20. The highest BCUT2D eigenvalue weighted by Crippen LogP contribution is 2.08. The Hall–Kier alpha value is -1.30. The van der Waals surface area contributed by atoms with Crippen LogP contribution in [-0.4, -0.2) is 68.1 Å². The van der Waals surface area contributed by atoms with E-state index in [9.17, 15) is 9.59 Å². The van der Waals surface area contributed by atoms with Crippen molar-refractivity contribution in [2.45, 2.75) is 25.8 Å². The Morgan fingerprint density at radius 3 is 2.39 bits per heavy atom. The van der Waals surface area contributed by atoms with Crippen molar-refractivity contribution in [3.8, 4) is 0 Å². The fourth-order valence-corrected chi connectivity index (χ4v) is 1.91. The minimum absolute atomic E-state index is 0.115. The molecule has 1 atom stereocenters. The van der Waals surface area contributed by atoms with Gasteiger partial charge in [-0.05, 0) is 19.8 Å². The zero-order valence-corrected chi connectivity index (χ0v) is 11.5. The molecule has 0 aromatic carbocycles. The summed E-state index contributed by atoms with van der Waals surface area (Å²) in [7, 11) is 3.39. The van der Waals surface area contributed by atoms with E-state index >= 15 is 0 Å². The van der Waals surface area contributed by atoms with Crippen LogP contribution in [0.2, 0.25) is 0 Å². The predicted octanol–water partition coefficient (Wildman–Crippen LogP) is -0.142. The van der Waals surface area contributed by atoms with E-state index in [1.165, 1.54) is 4.90 Å². The number of carbonyl (C=O) groups excluding carboxylic acids is 2. The largest absolute Gasteiger partial charge is 0.341 e. The maximum atomic E-state index is 11.9. The van der Waals surface area contributed by atoms with Crippen LogP contribution in [0, 0.1) is 0 Å². The van der Waals surface area contributed by atoms with Crippen molar-refractivity contribution in [1.29, 1.82) is 0 Å². The van der Waals surface area contributed by atoms with E-state index in [0.29, 0.717) is 13.1 Å². The summed E-state index contributed by atoms with van der Waals surface area (Å²) in [6, 6.07) is -0.297. The summed E-state index contributed by atoms with van der Waals surface area (Å²) < 4.78 is 0. The third kappa shape index (κ3) is 4.52. The standard InChI is InChI=1S/C12H24N4O2/c1-10(11(17)16-8-4-5-9-16)13-6-7-14-12(18)15(2)3/h10,13H,4-9H2,1-3H3,(H,14,18). The number of carbonyl (C=O) groups is 2. The van der Waals surface area contributed by atoms with Gasteiger partial charge in [-0.25, -0.2) is 4.79 Å². The van der Waals surface area contributed by atoms with Gasteiger partial charge in [0.15, 0.2) is 0 Å². The molecular formula is C12H24N4O2. The zero-order chi connectivity index (χ0) is 13.5. The average molecular weight is 256 g/mol. The van der Waals surface area contributed by atoms with Crippen molar-refractivity contribution >= 4 is 11.9 Å². The molecule has 3 amide bonds. The highest BCUT2D eigenvalue weighted by atomic mass is 16.2. The van der Waals surface area contributed by atoms with Gasteiger partial charge in [-0.2, -0.15) is 0 Å². The molecule has 0 aromatic rings. The summed E-state index contributed by atoms with van der Waals surface area (Å²) in [5.41, 5.74) is 0. The first-order chi connectivity index (χ1) is 8.52. The van der Waals surface area contributed by atoms with E-state index in [1.54, 1.807) is 14.1 Å². The van der Waals surface area contributed by atoms with Gasteiger partial charge in [0.2, 0.25) is 5.91 Å². The lowest BCUT2D eigenvalue weighted by molar-refractivity contribution is -0.131. The maximum absolute atomic E-state index is 11.9. The van der Waals surface area contributed by atoms with Gasteiger partial charge < -0.3 is 20.4 Å². The molecule has 0 spiro atoms. The molecule has 2 N–H and O–H groups in total. The summed E-state index contributed by atoms with van der Waals surface area (Å²) in [6.07, 6.45) is 2.22. The first kappa shape index (κ1) is 14.8. The number of likely N-dealkylation sites (tertiary alicyclic amines) is 1. The Kier molecular flexibility index (Phi) is 5.91. The van der Waals surface area contributed by atoms with Gasteiger partial charge in [-0.3, -0.25) is 4.79 Å². The Bertz CT molecular complexity index is 288. The summed E-state index contributed by atoms with van der Waals surface area (Å²) in [5, 5.41) is 5.87. The lowest BCUT2D eigenvalue weighted by Gasteiger charge is -2.21. The smallest absolute Gasteiger partial charge is 0.316 e. The maximum Gasteiger partial charge on any atom is 0.316 e. The zero-order valence-electron chi connectivity index (χ0n) is 11.5. The third-order valence-corrected chi connectivity index (χ3v) is 3.05. The fourth-order valence-electron chi connectivity index (χ4n) is 1.91. The van der Waals surface area contributed by atoms with E-state index < -0.39 is 0 Å².